The van der Waals surface area contributed by atoms with Gasteiger partial charge in [0.25, 0.3) is 0 Å². The summed E-state index contributed by atoms with van der Waals surface area (Å²) in [5.41, 5.74) is 3.16. The van der Waals surface area contributed by atoms with Gasteiger partial charge in [0, 0.05) is 38.4 Å². The summed E-state index contributed by atoms with van der Waals surface area (Å²) in [5, 5.41) is 3.10. The van der Waals surface area contributed by atoms with Gasteiger partial charge in [-0.15, -0.1) is 0 Å². The molecule has 1 aliphatic heterocycles. The molecule has 1 unspecified atom stereocenters. The topological polar surface area (TPSA) is 44.8 Å². The van der Waals surface area contributed by atoms with Gasteiger partial charge in [-0.1, -0.05) is 30.3 Å². The Kier molecular flexibility index (Phi) is 7.06. The van der Waals surface area contributed by atoms with E-state index in [4.69, 9.17) is 4.74 Å². The number of rotatable bonds is 7. The highest BCUT2D eigenvalue weighted by Gasteiger charge is 2.25. The van der Waals surface area contributed by atoms with Crippen LogP contribution in [-0.4, -0.2) is 61.1 Å². The molecule has 28 heavy (non-hydrogen) atoms. The number of benzene rings is 2. The highest BCUT2D eigenvalue weighted by molar-refractivity contribution is 5.95. The van der Waals surface area contributed by atoms with E-state index in [9.17, 15) is 4.79 Å². The van der Waals surface area contributed by atoms with Crippen LogP contribution in [0.15, 0.2) is 48.5 Å². The fourth-order valence-electron chi connectivity index (χ4n) is 3.46. The Morgan fingerprint density at radius 3 is 2.50 bits per heavy atom. The molecule has 1 N–H and O–H groups in total. The molecule has 150 valence electrons. The molecule has 1 fully saturated rings. The van der Waals surface area contributed by atoms with Crippen LogP contribution >= 0.6 is 0 Å². The minimum atomic E-state index is -0.136. The summed E-state index contributed by atoms with van der Waals surface area (Å²) in [4.78, 5) is 17.4. The third-order valence-electron chi connectivity index (χ3n) is 5.40. The largest absolute Gasteiger partial charge is 0.492 e. The van der Waals surface area contributed by atoms with E-state index in [0.717, 1.165) is 55.3 Å². The number of hydrogen-bond acceptors (Lipinski definition) is 4. The minimum absolute atomic E-state index is 0.0644. The second-order valence-corrected chi connectivity index (χ2v) is 7.52. The van der Waals surface area contributed by atoms with Crippen LogP contribution < -0.4 is 10.1 Å². The predicted molar refractivity (Wildman–Crippen MR) is 114 cm³/mol. The summed E-state index contributed by atoms with van der Waals surface area (Å²) in [6.45, 7) is 11.4. The lowest BCUT2D eigenvalue weighted by molar-refractivity contribution is -0.121. The van der Waals surface area contributed by atoms with Gasteiger partial charge in [-0.2, -0.15) is 0 Å². The van der Waals surface area contributed by atoms with Crippen molar-refractivity contribution in [3.63, 3.8) is 0 Å². The number of ether oxygens (including phenoxy) is 1. The quantitative estimate of drug-likeness (QED) is 0.799. The number of nitrogens with one attached hydrogen (secondary N) is 1. The van der Waals surface area contributed by atoms with E-state index in [1.165, 1.54) is 0 Å². The Morgan fingerprint density at radius 1 is 1.07 bits per heavy atom. The summed E-state index contributed by atoms with van der Waals surface area (Å²) in [5.74, 6) is 0.979. The van der Waals surface area contributed by atoms with Crippen LogP contribution in [0.2, 0.25) is 0 Å². The number of carbonyl (C=O) groups excluding carboxylic acids is 1. The molecule has 0 radical (unpaired) electrons. The maximum atomic E-state index is 12.7. The Balaban J connectivity index is 1.42. The van der Waals surface area contributed by atoms with Gasteiger partial charge in [-0.25, -0.2) is 0 Å². The molecule has 1 atom stereocenters. The zero-order valence-electron chi connectivity index (χ0n) is 17.1. The van der Waals surface area contributed by atoms with E-state index in [1.54, 1.807) is 0 Å². The number of para-hydroxylation sites is 1. The molecule has 3 rings (SSSR count). The van der Waals surface area contributed by atoms with Crippen LogP contribution in [0.3, 0.4) is 0 Å². The Bertz CT molecular complexity index is 771. The fraction of sp³-hybridized carbons (Fsp3) is 0.435. The smallest absolute Gasteiger partial charge is 0.241 e. The van der Waals surface area contributed by atoms with E-state index < -0.39 is 0 Å². The van der Waals surface area contributed by atoms with E-state index in [1.807, 2.05) is 63.2 Å². The molecule has 1 amide bonds. The zero-order chi connectivity index (χ0) is 19.9. The van der Waals surface area contributed by atoms with E-state index in [-0.39, 0.29) is 11.9 Å². The highest BCUT2D eigenvalue weighted by Crippen LogP contribution is 2.17. The number of nitrogens with zero attached hydrogens (tertiary/aromatic N) is 2. The number of anilines is 1. The van der Waals surface area contributed by atoms with Crippen molar-refractivity contribution in [3.05, 3.63) is 59.7 Å². The molecule has 5 nitrogen and oxygen atoms in total. The Morgan fingerprint density at radius 2 is 1.79 bits per heavy atom. The molecule has 0 saturated carbocycles. The van der Waals surface area contributed by atoms with Crippen molar-refractivity contribution in [3.8, 4) is 5.75 Å². The second kappa shape index (κ2) is 9.71. The second-order valence-electron chi connectivity index (χ2n) is 7.52. The first-order chi connectivity index (χ1) is 13.5. The summed E-state index contributed by atoms with van der Waals surface area (Å²) < 4.78 is 5.79. The van der Waals surface area contributed by atoms with Crippen LogP contribution in [0.5, 0.6) is 5.75 Å². The minimum Gasteiger partial charge on any atom is -0.492 e. The zero-order valence-corrected chi connectivity index (χ0v) is 17.1. The van der Waals surface area contributed by atoms with E-state index >= 15 is 0 Å². The first-order valence-corrected chi connectivity index (χ1v) is 10.1. The molecule has 0 aromatic heterocycles. The maximum Gasteiger partial charge on any atom is 0.241 e. The van der Waals surface area contributed by atoms with Crippen LogP contribution in [0.25, 0.3) is 0 Å². The molecular formula is C23H31N3O2. The summed E-state index contributed by atoms with van der Waals surface area (Å²) in [7, 11) is 0. The van der Waals surface area contributed by atoms with Gasteiger partial charge < -0.3 is 10.1 Å². The van der Waals surface area contributed by atoms with Gasteiger partial charge in [-0.3, -0.25) is 14.6 Å². The summed E-state index contributed by atoms with van der Waals surface area (Å²) >= 11 is 0. The van der Waals surface area contributed by atoms with Crippen LogP contribution in [0.4, 0.5) is 5.69 Å². The van der Waals surface area contributed by atoms with Crippen LogP contribution in [0.1, 0.15) is 18.1 Å². The van der Waals surface area contributed by atoms with Crippen molar-refractivity contribution in [1.82, 2.24) is 9.80 Å². The lowest BCUT2D eigenvalue weighted by atomic mass is 10.1. The van der Waals surface area contributed by atoms with Crippen molar-refractivity contribution >= 4 is 11.6 Å². The molecule has 1 heterocycles. The van der Waals surface area contributed by atoms with Gasteiger partial charge in [0.15, 0.2) is 0 Å². The number of piperazine rings is 1. The molecule has 0 spiro atoms. The Labute approximate surface area is 168 Å². The number of carbonyl (C=O) groups is 1. The molecule has 0 aliphatic carbocycles. The van der Waals surface area contributed by atoms with Gasteiger partial charge in [0.05, 0.1) is 6.04 Å². The highest BCUT2D eigenvalue weighted by atomic mass is 16.5. The molecule has 2 aromatic rings. The van der Waals surface area contributed by atoms with Crippen LogP contribution in [0, 0.1) is 13.8 Å². The molecule has 1 aliphatic rings. The van der Waals surface area contributed by atoms with Gasteiger partial charge >= 0.3 is 0 Å². The standard InChI is InChI=1S/C23H31N3O2/c1-18-9-10-19(2)22(17-18)24-23(27)20(3)26-13-11-25(12-14-26)15-16-28-21-7-5-4-6-8-21/h4-10,17,20H,11-16H2,1-3H3,(H,24,27). The molecule has 5 heteroatoms. The first-order valence-electron chi connectivity index (χ1n) is 10.1. The molecular weight excluding hydrogens is 350 g/mol. The average molecular weight is 382 g/mol. The lowest BCUT2D eigenvalue weighted by Gasteiger charge is -2.37. The van der Waals surface area contributed by atoms with Crippen LogP contribution in [-0.2, 0) is 4.79 Å². The molecule has 1 saturated heterocycles. The SMILES string of the molecule is Cc1ccc(C)c(NC(=O)C(C)N2CCN(CCOc3ccccc3)CC2)c1. The van der Waals surface area contributed by atoms with Gasteiger partial charge in [-0.05, 0) is 50.1 Å². The lowest BCUT2D eigenvalue weighted by Crippen LogP contribution is -2.53. The third-order valence-corrected chi connectivity index (χ3v) is 5.40. The number of amides is 1. The fourth-order valence-corrected chi connectivity index (χ4v) is 3.46. The first kappa shape index (κ1) is 20.4. The normalized spacial score (nSPS) is 16.5. The Hall–Kier alpha value is -2.37. The summed E-state index contributed by atoms with van der Waals surface area (Å²) in [6, 6.07) is 15.9. The van der Waals surface area contributed by atoms with Crippen molar-refractivity contribution in [2.45, 2.75) is 26.8 Å². The average Bonchev–Trinajstić information content (AvgIpc) is 2.71. The van der Waals surface area contributed by atoms with E-state index in [0.29, 0.717) is 6.61 Å². The van der Waals surface area contributed by atoms with E-state index in [2.05, 4.69) is 21.2 Å². The monoisotopic (exact) mass is 381 g/mol. The van der Waals surface area contributed by atoms with Gasteiger partial charge in [0.1, 0.15) is 12.4 Å². The number of aryl methyl sites for hydroxylation is 2. The van der Waals surface area contributed by atoms with Crippen molar-refractivity contribution < 1.29 is 9.53 Å². The van der Waals surface area contributed by atoms with Gasteiger partial charge in [0.2, 0.25) is 5.91 Å². The molecule has 2 aromatic carbocycles. The van der Waals surface area contributed by atoms with Crippen molar-refractivity contribution in [1.29, 1.82) is 0 Å². The predicted octanol–water partition coefficient (Wildman–Crippen LogP) is 3.33. The van der Waals surface area contributed by atoms with Crippen molar-refractivity contribution in [2.24, 2.45) is 0 Å². The molecule has 0 bridgehead atoms. The maximum absolute atomic E-state index is 12.7. The summed E-state index contributed by atoms with van der Waals surface area (Å²) in [6.07, 6.45) is 0. The number of hydrogen-bond donors (Lipinski definition) is 1. The van der Waals surface area contributed by atoms with Crippen molar-refractivity contribution in [2.75, 3.05) is 44.6 Å². The third kappa shape index (κ3) is 5.57.